The average Bonchev–Trinajstić information content (AvgIpc) is 3.13. The van der Waals surface area contributed by atoms with Gasteiger partial charge in [-0.25, -0.2) is 4.79 Å². The molecular weight excluding hydrogens is 443 g/mol. The Morgan fingerprint density at radius 3 is 2.73 bits per heavy atom. The lowest BCUT2D eigenvalue weighted by Gasteiger charge is -2.23. The number of aryl methyl sites for hydroxylation is 1. The number of likely N-dealkylation sites (tertiary alicyclic amines) is 1. The second-order valence-electron chi connectivity index (χ2n) is 6.34. The van der Waals surface area contributed by atoms with Gasteiger partial charge < -0.3 is 10.1 Å². The van der Waals surface area contributed by atoms with Crippen molar-refractivity contribution in [3.8, 4) is 0 Å². The van der Waals surface area contributed by atoms with Gasteiger partial charge >= 0.3 is 6.09 Å². The molecule has 136 valence electrons. The van der Waals surface area contributed by atoms with Crippen LogP contribution in [-0.2, 0) is 16.1 Å². The number of nitrogens with one attached hydrogen (secondary N) is 1. The van der Waals surface area contributed by atoms with Gasteiger partial charge in [-0.3, -0.25) is 9.69 Å². The minimum Gasteiger partial charge on any atom is -0.445 e. The van der Waals surface area contributed by atoms with Gasteiger partial charge in [-0.1, -0.05) is 30.3 Å². The van der Waals surface area contributed by atoms with E-state index in [2.05, 4.69) is 27.9 Å². The van der Waals surface area contributed by atoms with Crippen molar-refractivity contribution in [2.24, 2.45) is 0 Å². The van der Waals surface area contributed by atoms with Crippen LogP contribution in [0, 0.1) is 10.5 Å². The van der Waals surface area contributed by atoms with Gasteiger partial charge in [0.15, 0.2) is 0 Å². The van der Waals surface area contributed by atoms with Crippen LogP contribution in [0.5, 0.6) is 0 Å². The van der Waals surface area contributed by atoms with E-state index < -0.39 is 12.1 Å². The number of hydrogen-bond donors (Lipinski definition) is 1. The molecule has 0 spiro atoms. The molecule has 5 nitrogen and oxygen atoms in total. The Kier molecular flexibility index (Phi) is 6.13. The van der Waals surface area contributed by atoms with Crippen molar-refractivity contribution in [2.75, 3.05) is 11.9 Å². The molecule has 0 aromatic heterocycles. The van der Waals surface area contributed by atoms with Crippen molar-refractivity contribution in [2.45, 2.75) is 32.4 Å². The van der Waals surface area contributed by atoms with Crippen LogP contribution in [0.2, 0.25) is 0 Å². The molecule has 1 N–H and O–H groups in total. The molecule has 1 aliphatic heterocycles. The first kappa shape index (κ1) is 18.7. The topological polar surface area (TPSA) is 58.6 Å². The van der Waals surface area contributed by atoms with E-state index >= 15 is 0 Å². The highest BCUT2D eigenvalue weighted by molar-refractivity contribution is 14.1. The van der Waals surface area contributed by atoms with Crippen molar-refractivity contribution >= 4 is 40.3 Å². The zero-order valence-corrected chi connectivity index (χ0v) is 16.7. The number of ether oxygens (including phenoxy) is 1. The van der Waals surface area contributed by atoms with E-state index in [0.29, 0.717) is 13.0 Å². The maximum absolute atomic E-state index is 12.7. The van der Waals surface area contributed by atoms with Crippen LogP contribution in [0.3, 0.4) is 0 Å². The highest BCUT2D eigenvalue weighted by atomic mass is 127. The SMILES string of the molecule is Cc1cc(I)ccc1NC(=O)[C@@H]1CCCN1C(=O)OCc1ccccc1. The molecule has 2 aromatic rings. The number of carbonyl (C=O) groups is 2. The van der Waals surface area contributed by atoms with Crippen LogP contribution < -0.4 is 5.32 Å². The lowest BCUT2D eigenvalue weighted by atomic mass is 10.1. The summed E-state index contributed by atoms with van der Waals surface area (Å²) in [6.07, 6.45) is 1.01. The van der Waals surface area contributed by atoms with Crippen LogP contribution in [0.25, 0.3) is 0 Å². The maximum Gasteiger partial charge on any atom is 0.410 e. The molecule has 1 heterocycles. The zero-order chi connectivity index (χ0) is 18.5. The van der Waals surface area contributed by atoms with Gasteiger partial charge in [-0.05, 0) is 71.7 Å². The molecule has 0 unspecified atom stereocenters. The number of carbonyl (C=O) groups excluding carboxylic acids is 2. The first-order valence-corrected chi connectivity index (χ1v) is 9.67. The molecule has 0 saturated carbocycles. The summed E-state index contributed by atoms with van der Waals surface area (Å²) in [7, 11) is 0. The van der Waals surface area contributed by atoms with Crippen LogP contribution in [-0.4, -0.2) is 29.5 Å². The zero-order valence-electron chi connectivity index (χ0n) is 14.6. The van der Waals surface area contributed by atoms with E-state index in [-0.39, 0.29) is 12.5 Å². The molecule has 0 aliphatic carbocycles. The van der Waals surface area contributed by atoms with Crippen LogP contribution in [0.15, 0.2) is 48.5 Å². The lowest BCUT2D eigenvalue weighted by molar-refractivity contribution is -0.120. The van der Waals surface area contributed by atoms with Crippen molar-refractivity contribution in [1.82, 2.24) is 4.90 Å². The highest BCUT2D eigenvalue weighted by Crippen LogP contribution is 2.23. The fourth-order valence-corrected chi connectivity index (χ4v) is 3.69. The normalized spacial score (nSPS) is 16.4. The smallest absolute Gasteiger partial charge is 0.410 e. The Morgan fingerprint density at radius 1 is 1.23 bits per heavy atom. The molecule has 1 saturated heterocycles. The molecule has 1 aliphatic rings. The van der Waals surface area contributed by atoms with E-state index in [4.69, 9.17) is 4.74 Å². The largest absolute Gasteiger partial charge is 0.445 e. The second kappa shape index (κ2) is 8.53. The monoisotopic (exact) mass is 464 g/mol. The Labute approximate surface area is 166 Å². The summed E-state index contributed by atoms with van der Waals surface area (Å²) in [5.74, 6) is -0.163. The molecule has 26 heavy (non-hydrogen) atoms. The van der Waals surface area contributed by atoms with Gasteiger partial charge in [0.05, 0.1) is 0 Å². The standard InChI is InChI=1S/C20H21IN2O3/c1-14-12-16(21)9-10-17(14)22-19(24)18-8-5-11-23(18)20(25)26-13-15-6-3-2-4-7-15/h2-4,6-7,9-10,12,18H,5,8,11,13H2,1H3,(H,22,24)/t18-/m0/s1. The Morgan fingerprint density at radius 2 is 2.00 bits per heavy atom. The third-order valence-electron chi connectivity index (χ3n) is 4.44. The molecule has 2 amide bonds. The Bertz CT molecular complexity index is 795. The van der Waals surface area contributed by atoms with Crippen LogP contribution in [0.4, 0.5) is 10.5 Å². The highest BCUT2D eigenvalue weighted by Gasteiger charge is 2.35. The predicted molar refractivity (Wildman–Crippen MR) is 109 cm³/mol. The number of benzene rings is 2. The van der Waals surface area contributed by atoms with Gasteiger partial charge in [0, 0.05) is 15.8 Å². The summed E-state index contributed by atoms with van der Waals surface area (Å²) < 4.78 is 6.50. The summed E-state index contributed by atoms with van der Waals surface area (Å²) in [5.41, 5.74) is 2.71. The van der Waals surface area contributed by atoms with Crippen molar-refractivity contribution in [3.63, 3.8) is 0 Å². The van der Waals surface area contributed by atoms with Crippen molar-refractivity contribution < 1.29 is 14.3 Å². The number of rotatable bonds is 4. The van der Waals surface area contributed by atoms with E-state index in [1.165, 1.54) is 4.90 Å². The molecule has 0 bridgehead atoms. The molecule has 1 atom stereocenters. The molecule has 0 radical (unpaired) electrons. The fraction of sp³-hybridized carbons (Fsp3) is 0.300. The Hall–Kier alpha value is -2.09. The van der Waals surface area contributed by atoms with E-state index in [0.717, 1.165) is 26.8 Å². The number of anilines is 1. The van der Waals surface area contributed by atoms with E-state index in [1.54, 1.807) is 0 Å². The predicted octanol–water partition coefficient (Wildman–Crippen LogP) is 4.34. The van der Waals surface area contributed by atoms with E-state index in [9.17, 15) is 9.59 Å². The summed E-state index contributed by atoms with van der Waals surface area (Å²) in [6, 6.07) is 14.9. The Balaban J connectivity index is 1.61. The van der Waals surface area contributed by atoms with Crippen molar-refractivity contribution in [3.05, 3.63) is 63.2 Å². The second-order valence-corrected chi connectivity index (χ2v) is 7.59. The minimum atomic E-state index is -0.489. The number of amides is 2. The van der Waals surface area contributed by atoms with Gasteiger partial charge in [-0.2, -0.15) is 0 Å². The van der Waals surface area contributed by atoms with E-state index in [1.807, 2.05) is 55.5 Å². The third kappa shape index (κ3) is 4.55. The first-order chi connectivity index (χ1) is 12.5. The maximum atomic E-state index is 12.7. The fourth-order valence-electron chi connectivity index (χ4n) is 3.04. The summed E-state index contributed by atoms with van der Waals surface area (Å²) in [5, 5.41) is 2.95. The summed E-state index contributed by atoms with van der Waals surface area (Å²) in [6.45, 7) is 2.70. The number of halogens is 1. The average molecular weight is 464 g/mol. The molecule has 1 fully saturated rings. The summed E-state index contributed by atoms with van der Waals surface area (Å²) >= 11 is 2.24. The van der Waals surface area contributed by atoms with Crippen LogP contribution in [0.1, 0.15) is 24.0 Å². The molecule has 3 rings (SSSR count). The van der Waals surface area contributed by atoms with Gasteiger partial charge in [0.1, 0.15) is 12.6 Å². The molecular formula is C20H21IN2O3. The van der Waals surface area contributed by atoms with Gasteiger partial charge in [0.2, 0.25) is 5.91 Å². The lowest BCUT2D eigenvalue weighted by Crippen LogP contribution is -2.43. The van der Waals surface area contributed by atoms with Gasteiger partial charge in [0.25, 0.3) is 0 Å². The first-order valence-electron chi connectivity index (χ1n) is 8.59. The molecule has 6 heteroatoms. The third-order valence-corrected chi connectivity index (χ3v) is 5.11. The minimum absolute atomic E-state index is 0.163. The number of hydrogen-bond acceptors (Lipinski definition) is 3. The summed E-state index contributed by atoms with van der Waals surface area (Å²) in [4.78, 5) is 26.6. The quantitative estimate of drug-likeness (QED) is 0.686. The number of nitrogens with zero attached hydrogens (tertiary/aromatic N) is 1. The van der Waals surface area contributed by atoms with Crippen LogP contribution >= 0.6 is 22.6 Å². The van der Waals surface area contributed by atoms with Crippen molar-refractivity contribution in [1.29, 1.82) is 0 Å². The molecule has 2 aromatic carbocycles. The van der Waals surface area contributed by atoms with Gasteiger partial charge in [-0.15, -0.1) is 0 Å².